The molecule has 0 aromatic carbocycles. The summed E-state index contributed by atoms with van der Waals surface area (Å²) in [6, 6.07) is 0. The van der Waals surface area contributed by atoms with Crippen LogP contribution in [0.4, 0.5) is 0 Å². The number of hydrogen-bond donors (Lipinski definition) is 0. The summed E-state index contributed by atoms with van der Waals surface area (Å²) in [6.45, 7) is 17.6. The zero-order chi connectivity index (χ0) is 22.7. The van der Waals surface area contributed by atoms with Crippen LogP contribution in [0, 0.1) is 0 Å². The molecule has 0 unspecified atom stereocenters. The van der Waals surface area contributed by atoms with Gasteiger partial charge in [-0.15, -0.1) is 0 Å². The molecule has 0 aromatic rings. The van der Waals surface area contributed by atoms with E-state index in [0.717, 1.165) is 72.8 Å². The molecule has 31 heavy (non-hydrogen) atoms. The van der Waals surface area contributed by atoms with Crippen LogP contribution < -0.4 is 4.67 Å². The minimum absolute atomic E-state index is 0.978. The molecular formula is C28H38N3+. The Bertz CT molecular complexity index is 989. The standard InChI is InChI=1S/C28H38N3/c1-9-19-17(7)29-25(21(19)11-3)15-27-23(13-5)24(14-6)28(31-27)16-26-22(12-4)20(10-2)18(8)30-26/h15-16H,9-14H2,1-8H3/q+1. The Balaban J connectivity index is 2.15. The highest BCUT2D eigenvalue weighted by atomic mass is 14.8. The van der Waals surface area contributed by atoms with Gasteiger partial charge in [0.05, 0.1) is 34.7 Å². The minimum atomic E-state index is 0.978. The minimum Gasteiger partial charge on any atom is -0.253 e. The van der Waals surface area contributed by atoms with Crippen molar-refractivity contribution in [1.29, 1.82) is 0 Å². The smallest absolute Gasteiger partial charge is 0.253 e. The highest BCUT2D eigenvalue weighted by Gasteiger charge is 2.33. The lowest BCUT2D eigenvalue weighted by Crippen LogP contribution is -2.02. The van der Waals surface area contributed by atoms with Gasteiger partial charge in [-0.05, 0) is 74.7 Å². The second kappa shape index (κ2) is 9.75. The van der Waals surface area contributed by atoms with Crippen LogP contribution in [0.3, 0.4) is 0 Å². The van der Waals surface area contributed by atoms with Crippen molar-refractivity contribution in [2.45, 2.75) is 93.9 Å². The summed E-state index contributed by atoms with van der Waals surface area (Å²) < 4.78 is 5.13. The van der Waals surface area contributed by atoms with E-state index in [0.29, 0.717) is 0 Å². The van der Waals surface area contributed by atoms with E-state index < -0.39 is 0 Å². The topological polar surface area (TPSA) is 38.8 Å². The Morgan fingerprint density at radius 1 is 0.516 bits per heavy atom. The molecule has 0 amide bonds. The molecule has 3 rings (SSSR count). The normalized spacial score (nSPS) is 21.7. The van der Waals surface area contributed by atoms with Crippen molar-refractivity contribution in [2.24, 2.45) is 9.98 Å². The summed E-state index contributed by atoms with van der Waals surface area (Å²) in [7, 11) is 0. The molecule has 0 aliphatic carbocycles. The fraction of sp³-hybridized carbons (Fsp3) is 0.500. The van der Waals surface area contributed by atoms with E-state index in [1.165, 1.54) is 33.4 Å². The summed E-state index contributed by atoms with van der Waals surface area (Å²) in [4.78, 5) is 9.81. The lowest BCUT2D eigenvalue weighted by atomic mass is 9.94. The van der Waals surface area contributed by atoms with E-state index in [-0.39, 0.29) is 0 Å². The molecule has 0 aromatic heterocycles. The maximum Gasteiger partial charge on any atom is 0.333 e. The van der Waals surface area contributed by atoms with E-state index in [2.05, 4.69) is 67.5 Å². The first-order valence-corrected chi connectivity index (χ1v) is 12.1. The third-order valence-corrected chi connectivity index (χ3v) is 6.69. The number of aliphatic imine (C=N–C) groups is 2. The first-order valence-electron chi connectivity index (χ1n) is 12.1. The molecule has 3 aliphatic rings. The van der Waals surface area contributed by atoms with Crippen molar-refractivity contribution < 1.29 is 0 Å². The molecular weight excluding hydrogens is 378 g/mol. The van der Waals surface area contributed by atoms with Gasteiger partial charge in [0.25, 0.3) is 0 Å². The molecule has 3 nitrogen and oxygen atoms in total. The highest BCUT2D eigenvalue weighted by molar-refractivity contribution is 6.25. The Morgan fingerprint density at radius 2 is 0.839 bits per heavy atom. The largest absolute Gasteiger partial charge is 0.333 e. The zero-order valence-corrected chi connectivity index (χ0v) is 20.7. The maximum absolute atomic E-state index is 5.13. The van der Waals surface area contributed by atoms with Crippen molar-refractivity contribution in [2.75, 3.05) is 0 Å². The number of hydrogen-bond acceptors (Lipinski definition) is 2. The quantitative estimate of drug-likeness (QED) is 0.382. The van der Waals surface area contributed by atoms with E-state index in [4.69, 9.17) is 14.7 Å². The Kier molecular flexibility index (Phi) is 7.28. The lowest BCUT2D eigenvalue weighted by molar-refractivity contribution is 1.05. The monoisotopic (exact) mass is 416 g/mol. The average molecular weight is 417 g/mol. The lowest BCUT2D eigenvalue weighted by Gasteiger charge is -2.04. The van der Waals surface area contributed by atoms with E-state index >= 15 is 0 Å². The molecule has 164 valence electrons. The van der Waals surface area contributed by atoms with Crippen LogP contribution in [-0.2, 0) is 0 Å². The van der Waals surface area contributed by atoms with Gasteiger partial charge in [0.15, 0.2) is 0 Å². The summed E-state index contributed by atoms with van der Waals surface area (Å²) >= 11 is 0. The molecule has 0 saturated carbocycles. The molecule has 0 radical (unpaired) electrons. The van der Waals surface area contributed by atoms with Gasteiger partial charge >= 0.3 is 11.4 Å². The fourth-order valence-corrected chi connectivity index (χ4v) is 5.20. The van der Waals surface area contributed by atoms with Crippen LogP contribution >= 0.6 is 0 Å². The highest BCUT2D eigenvalue weighted by Crippen LogP contribution is 2.33. The van der Waals surface area contributed by atoms with Gasteiger partial charge in [-0.3, -0.25) is 9.98 Å². The van der Waals surface area contributed by atoms with Gasteiger partial charge in [-0.25, -0.2) is 0 Å². The summed E-state index contributed by atoms with van der Waals surface area (Å²) in [5.41, 5.74) is 14.9. The van der Waals surface area contributed by atoms with Crippen molar-refractivity contribution in [3.63, 3.8) is 0 Å². The first-order chi connectivity index (χ1) is 14.9. The van der Waals surface area contributed by atoms with Crippen LogP contribution in [0.15, 0.2) is 67.0 Å². The van der Waals surface area contributed by atoms with E-state index in [1.54, 1.807) is 0 Å². The SMILES string of the molecule is CCC1=C(CC)C(C)=NC1=CC1=[N+]=C(C=C2N=C(C)C(CC)=C2CC)C(CC)=C1CC. The summed E-state index contributed by atoms with van der Waals surface area (Å²) in [6.07, 6.45) is 10.5. The van der Waals surface area contributed by atoms with Gasteiger partial charge in [-0.1, -0.05) is 46.2 Å². The van der Waals surface area contributed by atoms with Gasteiger partial charge in [0.1, 0.15) is 0 Å². The van der Waals surface area contributed by atoms with Crippen LogP contribution in [-0.4, -0.2) is 22.8 Å². The number of allylic oxidation sites excluding steroid dienone is 8. The van der Waals surface area contributed by atoms with Crippen LogP contribution in [0.25, 0.3) is 0 Å². The van der Waals surface area contributed by atoms with Crippen LogP contribution in [0.1, 0.15) is 93.9 Å². The Morgan fingerprint density at radius 3 is 1.13 bits per heavy atom. The molecule has 0 saturated heterocycles. The van der Waals surface area contributed by atoms with E-state index in [1.807, 2.05) is 0 Å². The Hall–Kier alpha value is -2.51. The molecule has 0 fully saturated rings. The van der Waals surface area contributed by atoms with Crippen LogP contribution in [0.2, 0.25) is 0 Å². The number of rotatable bonds is 8. The van der Waals surface area contributed by atoms with Gasteiger partial charge in [0, 0.05) is 11.4 Å². The first kappa shape index (κ1) is 23.2. The van der Waals surface area contributed by atoms with Crippen molar-refractivity contribution >= 4 is 22.8 Å². The van der Waals surface area contributed by atoms with Gasteiger partial charge in [-0.2, -0.15) is 0 Å². The van der Waals surface area contributed by atoms with E-state index in [9.17, 15) is 0 Å². The fourth-order valence-electron chi connectivity index (χ4n) is 5.20. The molecule has 3 aliphatic heterocycles. The zero-order valence-electron chi connectivity index (χ0n) is 20.7. The third-order valence-electron chi connectivity index (χ3n) is 6.69. The molecule has 0 bridgehead atoms. The average Bonchev–Trinajstić information content (AvgIpc) is 3.36. The second-order valence-corrected chi connectivity index (χ2v) is 8.33. The predicted octanol–water partition coefficient (Wildman–Crippen LogP) is 7.02. The maximum atomic E-state index is 5.13. The number of nitrogens with zero attached hydrogens (tertiary/aromatic N) is 3. The molecule has 3 heterocycles. The van der Waals surface area contributed by atoms with Crippen LogP contribution in [0.5, 0.6) is 0 Å². The van der Waals surface area contributed by atoms with Crippen molar-refractivity contribution in [3.05, 3.63) is 57.0 Å². The molecule has 0 atom stereocenters. The molecule has 0 spiro atoms. The third kappa shape index (κ3) is 4.16. The molecule has 3 heteroatoms. The molecule has 0 N–H and O–H groups in total. The van der Waals surface area contributed by atoms with Gasteiger partial charge in [0.2, 0.25) is 0 Å². The second-order valence-electron chi connectivity index (χ2n) is 8.33. The summed E-state index contributed by atoms with van der Waals surface area (Å²) in [5, 5.41) is 0. The van der Waals surface area contributed by atoms with Gasteiger partial charge < -0.3 is 0 Å². The van der Waals surface area contributed by atoms with Crippen molar-refractivity contribution in [3.8, 4) is 0 Å². The predicted molar refractivity (Wildman–Crippen MR) is 137 cm³/mol. The van der Waals surface area contributed by atoms with Crippen molar-refractivity contribution in [1.82, 2.24) is 4.67 Å². The summed E-state index contributed by atoms with van der Waals surface area (Å²) in [5.74, 6) is 0. The Labute approximate surface area is 188 Å².